The Hall–Kier alpha value is -1.59. The maximum Gasteiger partial charge on any atom is 0.325 e. The molecule has 2 atom stereocenters. The van der Waals surface area contributed by atoms with Gasteiger partial charge in [-0.25, -0.2) is 4.79 Å². The lowest BCUT2D eigenvalue weighted by molar-refractivity contribution is -0.137. The summed E-state index contributed by atoms with van der Waals surface area (Å²) in [6, 6.07) is -0.403. The van der Waals surface area contributed by atoms with Gasteiger partial charge >= 0.3 is 6.03 Å². The number of hydrogen-bond acceptors (Lipinski definition) is 3. The van der Waals surface area contributed by atoms with Gasteiger partial charge in [-0.05, 0) is 86.9 Å². The molecule has 6 heteroatoms. The largest absolute Gasteiger partial charge is 0.355 e. The van der Waals surface area contributed by atoms with Crippen LogP contribution in [-0.2, 0) is 9.59 Å². The molecule has 5 aliphatic carbocycles. The summed E-state index contributed by atoms with van der Waals surface area (Å²) in [5.74, 6) is 2.45. The van der Waals surface area contributed by atoms with Crippen LogP contribution in [0.4, 0.5) is 4.79 Å². The molecule has 0 aromatic heterocycles. The van der Waals surface area contributed by atoms with Crippen molar-refractivity contribution in [2.24, 2.45) is 29.1 Å². The van der Waals surface area contributed by atoms with E-state index in [1.165, 1.54) is 38.5 Å². The van der Waals surface area contributed by atoms with Gasteiger partial charge in [0, 0.05) is 6.54 Å². The molecule has 1 aliphatic heterocycles. The van der Waals surface area contributed by atoms with Crippen LogP contribution in [0.3, 0.4) is 0 Å². The highest BCUT2D eigenvalue weighted by Crippen LogP contribution is 2.61. The van der Waals surface area contributed by atoms with E-state index in [4.69, 9.17) is 0 Å². The molecule has 1 saturated heterocycles. The van der Waals surface area contributed by atoms with Gasteiger partial charge in [0.25, 0.3) is 5.91 Å². The van der Waals surface area contributed by atoms with Crippen LogP contribution < -0.4 is 10.6 Å². The predicted molar refractivity (Wildman–Crippen MR) is 109 cm³/mol. The van der Waals surface area contributed by atoms with Crippen molar-refractivity contribution in [1.82, 2.24) is 15.5 Å². The van der Waals surface area contributed by atoms with Crippen molar-refractivity contribution in [2.45, 2.75) is 83.1 Å². The minimum Gasteiger partial charge on any atom is -0.355 e. The Bertz CT molecular complexity index is 685. The second kappa shape index (κ2) is 6.98. The van der Waals surface area contributed by atoms with Crippen LogP contribution in [0.25, 0.3) is 0 Å². The summed E-state index contributed by atoms with van der Waals surface area (Å²) in [4.78, 5) is 39.1. The first kappa shape index (κ1) is 19.4. The van der Waals surface area contributed by atoms with Gasteiger partial charge in [-0.15, -0.1) is 0 Å². The Labute approximate surface area is 173 Å². The van der Waals surface area contributed by atoms with E-state index in [1.807, 2.05) is 6.92 Å². The van der Waals surface area contributed by atoms with Crippen molar-refractivity contribution in [3.05, 3.63) is 0 Å². The Kier molecular flexibility index (Phi) is 4.67. The number of amides is 4. The summed E-state index contributed by atoms with van der Waals surface area (Å²) in [6.45, 7) is 2.54. The zero-order valence-electron chi connectivity index (χ0n) is 17.7. The first-order chi connectivity index (χ1) is 13.9. The highest BCUT2D eigenvalue weighted by Gasteiger charge is 2.55. The molecule has 0 aromatic carbocycles. The standard InChI is InChI=1S/C23H35N3O3/c1-15-4-2-3-5-23(15)20(28)26(21(29)25-23)14-19(27)24-7-6-22-11-16-8-17(12-22)10-18(9-16)13-22/h15-18H,2-14H2,1H3,(H,24,27)(H,25,29). The molecule has 1 heterocycles. The zero-order chi connectivity index (χ0) is 20.2. The Morgan fingerprint density at radius 2 is 1.76 bits per heavy atom. The summed E-state index contributed by atoms with van der Waals surface area (Å²) in [6.07, 6.45) is 13.0. The monoisotopic (exact) mass is 401 g/mol. The van der Waals surface area contributed by atoms with Gasteiger partial charge in [0.15, 0.2) is 0 Å². The van der Waals surface area contributed by atoms with Gasteiger partial charge < -0.3 is 10.6 Å². The third kappa shape index (κ3) is 3.27. The lowest BCUT2D eigenvalue weighted by Crippen LogP contribution is -2.54. The number of nitrogens with zero attached hydrogens (tertiary/aromatic N) is 1. The molecular formula is C23H35N3O3. The topological polar surface area (TPSA) is 78.5 Å². The van der Waals surface area contributed by atoms with Crippen molar-refractivity contribution in [3.8, 4) is 0 Å². The highest BCUT2D eigenvalue weighted by molar-refractivity contribution is 6.09. The second-order valence-electron chi connectivity index (χ2n) is 11.0. The molecular weight excluding hydrogens is 366 g/mol. The van der Waals surface area contributed by atoms with Crippen LogP contribution in [0.5, 0.6) is 0 Å². The molecule has 6 fully saturated rings. The first-order valence-corrected chi connectivity index (χ1v) is 11.8. The van der Waals surface area contributed by atoms with E-state index in [9.17, 15) is 14.4 Å². The van der Waals surface area contributed by atoms with Gasteiger partial charge in [0.05, 0.1) is 0 Å². The van der Waals surface area contributed by atoms with Crippen LogP contribution in [0.2, 0.25) is 0 Å². The van der Waals surface area contributed by atoms with E-state index in [0.717, 1.165) is 48.3 Å². The van der Waals surface area contributed by atoms with Crippen LogP contribution >= 0.6 is 0 Å². The maximum absolute atomic E-state index is 13.0. The summed E-state index contributed by atoms with van der Waals surface area (Å²) in [5.41, 5.74) is -0.348. The van der Waals surface area contributed by atoms with E-state index in [2.05, 4.69) is 10.6 Å². The van der Waals surface area contributed by atoms with Gasteiger partial charge in [0.2, 0.25) is 5.91 Å². The summed E-state index contributed by atoms with van der Waals surface area (Å²) >= 11 is 0. The van der Waals surface area contributed by atoms with E-state index < -0.39 is 11.6 Å². The Balaban J connectivity index is 1.15. The fraction of sp³-hybridized carbons (Fsp3) is 0.870. The van der Waals surface area contributed by atoms with Crippen LogP contribution in [0.1, 0.15) is 77.6 Å². The second-order valence-corrected chi connectivity index (χ2v) is 11.0. The van der Waals surface area contributed by atoms with Gasteiger partial charge in [0.1, 0.15) is 12.1 Å². The average molecular weight is 402 g/mol. The number of rotatable bonds is 5. The summed E-state index contributed by atoms with van der Waals surface area (Å²) < 4.78 is 0. The molecule has 6 aliphatic rings. The Morgan fingerprint density at radius 1 is 1.10 bits per heavy atom. The number of imide groups is 1. The van der Waals surface area contributed by atoms with E-state index >= 15 is 0 Å². The van der Waals surface area contributed by atoms with Gasteiger partial charge in [-0.2, -0.15) is 0 Å². The molecule has 29 heavy (non-hydrogen) atoms. The van der Waals surface area contributed by atoms with Crippen molar-refractivity contribution in [2.75, 3.05) is 13.1 Å². The predicted octanol–water partition coefficient (Wildman–Crippen LogP) is 3.21. The quantitative estimate of drug-likeness (QED) is 0.695. The molecule has 5 saturated carbocycles. The minimum atomic E-state index is -0.783. The molecule has 2 N–H and O–H groups in total. The molecule has 0 radical (unpaired) electrons. The first-order valence-electron chi connectivity index (χ1n) is 11.8. The van der Waals surface area contributed by atoms with Crippen molar-refractivity contribution >= 4 is 17.8 Å². The third-order valence-electron chi connectivity index (χ3n) is 8.95. The minimum absolute atomic E-state index is 0.122. The number of nitrogens with one attached hydrogen (secondary N) is 2. The fourth-order valence-corrected chi connectivity index (χ4v) is 7.90. The number of urea groups is 1. The molecule has 6 rings (SSSR count). The zero-order valence-corrected chi connectivity index (χ0v) is 17.7. The van der Waals surface area contributed by atoms with Crippen LogP contribution in [-0.4, -0.2) is 41.4 Å². The summed E-state index contributed by atoms with van der Waals surface area (Å²) in [7, 11) is 0. The smallest absolute Gasteiger partial charge is 0.325 e. The molecule has 4 bridgehead atoms. The Morgan fingerprint density at radius 3 is 2.38 bits per heavy atom. The van der Waals surface area contributed by atoms with E-state index in [-0.39, 0.29) is 24.3 Å². The van der Waals surface area contributed by atoms with Gasteiger partial charge in [-0.3, -0.25) is 14.5 Å². The number of carbonyl (C=O) groups excluding carboxylic acids is 3. The molecule has 160 valence electrons. The van der Waals surface area contributed by atoms with Crippen molar-refractivity contribution in [3.63, 3.8) is 0 Å². The highest BCUT2D eigenvalue weighted by atomic mass is 16.2. The van der Waals surface area contributed by atoms with Gasteiger partial charge in [-0.1, -0.05) is 19.8 Å². The molecule has 6 nitrogen and oxygen atoms in total. The molecule has 1 spiro atoms. The normalized spacial score (nSPS) is 43.1. The van der Waals surface area contributed by atoms with Crippen molar-refractivity contribution < 1.29 is 14.4 Å². The fourth-order valence-electron chi connectivity index (χ4n) is 7.90. The average Bonchev–Trinajstić information content (AvgIpc) is 2.88. The lowest BCUT2D eigenvalue weighted by atomic mass is 9.49. The van der Waals surface area contributed by atoms with Crippen LogP contribution in [0, 0.1) is 29.1 Å². The van der Waals surface area contributed by atoms with Crippen molar-refractivity contribution in [1.29, 1.82) is 0 Å². The summed E-state index contributed by atoms with van der Waals surface area (Å²) in [5, 5.41) is 5.94. The SMILES string of the molecule is CC1CCCCC12NC(=O)N(CC(=O)NCCC13CC4CC(CC(C4)C1)C3)C2=O. The van der Waals surface area contributed by atoms with E-state index in [0.29, 0.717) is 18.4 Å². The van der Waals surface area contributed by atoms with E-state index in [1.54, 1.807) is 0 Å². The third-order valence-corrected chi connectivity index (χ3v) is 8.95. The number of hydrogen-bond donors (Lipinski definition) is 2. The maximum atomic E-state index is 13.0. The molecule has 4 amide bonds. The number of carbonyl (C=O) groups is 3. The van der Waals surface area contributed by atoms with Crippen LogP contribution in [0.15, 0.2) is 0 Å². The molecule has 2 unspecified atom stereocenters. The molecule has 0 aromatic rings. The lowest BCUT2D eigenvalue weighted by Gasteiger charge is -2.57.